The summed E-state index contributed by atoms with van der Waals surface area (Å²) in [6, 6.07) is 3.51. The zero-order valence-electron chi connectivity index (χ0n) is 10.8. The third kappa shape index (κ3) is 2.45. The van der Waals surface area contributed by atoms with Crippen molar-refractivity contribution in [2.75, 3.05) is 0 Å². The van der Waals surface area contributed by atoms with Gasteiger partial charge in [0.1, 0.15) is 0 Å². The van der Waals surface area contributed by atoms with Gasteiger partial charge in [-0.2, -0.15) is 0 Å². The van der Waals surface area contributed by atoms with E-state index in [-0.39, 0.29) is 6.42 Å². The molecule has 19 heavy (non-hydrogen) atoms. The third-order valence-electron chi connectivity index (χ3n) is 3.08. The predicted molar refractivity (Wildman–Crippen MR) is 70.0 cm³/mol. The zero-order valence-corrected chi connectivity index (χ0v) is 10.8. The molecule has 2 heterocycles. The number of aromatic nitrogens is 2. The van der Waals surface area contributed by atoms with E-state index in [0.717, 1.165) is 0 Å². The Hall–Kier alpha value is -2.30. The SMILES string of the molecule is CC(C)(Cc1cnc2cccnc2c1C=O)C(=O)O. The van der Waals surface area contributed by atoms with E-state index in [1.807, 2.05) is 0 Å². The lowest BCUT2D eigenvalue weighted by molar-refractivity contribution is -0.146. The van der Waals surface area contributed by atoms with E-state index in [1.54, 1.807) is 38.4 Å². The lowest BCUT2D eigenvalue weighted by Crippen LogP contribution is -2.26. The Morgan fingerprint density at radius 3 is 2.79 bits per heavy atom. The standard InChI is InChI=1S/C14H14N2O3/c1-14(2,13(18)19)6-9-7-16-11-4-3-5-15-12(11)10(9)8-17/h3-5,7-8H,6H2,1-2H3,(H,18,19). The van der Waals surface area contributed by atoms with E-state index in [0.29, 0.717) is 28.4 Å². The first-order valence-electron chi connectivity index (χ1n) is 5.87. The second-order valence-electron chi connectivity index (χ2n) is 5.05. The van der Waals surface area contributed by atoms with Gasteiger partial charge in [0.25, 0.3) is 0 Å². The first-order chi connectivity index (χ1) is 8.95. The van der Waals surface area contributed by atoms with Crippen LogP contribution in [0.2, 0.25) is 0 Å². The number of rotatable bonds is 4. The van der Waals surface area contributed by atoms with E-state index < -0.39 is 11.4 Å². The normalized spacial score (nSPS) is 11.5. The highest BCUT2D eigenvalue weighted by Crippen LogP contribution is 2.26. The second kappa shape index (κ2) is 4.76. The molecule has 0 amide bonds. The van der Waals surface area contributed by atoms with Crippen LogP contribution in [-0.4, -0.2) is 27.3 Å². The number of carboxylic acid groups (broad SMARTS) is 1. The number of fused-ring (bicyclic) bond motifs is 1. The monoisotopic (exact) mass is 258 g/mol. The highest BCUT2D eigenvalue weighted by molar-refractivity contribution is 5.95. The van der Waals surface area contributed by atoms with Gasteiger partial charge < -0.3 is 5.11 Å². The average molecular weight is 258 g/mol. The molecule has 0 spiro atoms. The zero-order chi connectivity index (χ0) is 14.0. The van der Waals surface area contributed by atoms with Crippen LogP contribution < -0.4 is 0 Å². The van der Waals surface area contributed by atoms with Gasteiger partial charge in [-0.3, -0.25) is 19.6 Å². The van der Waals surface area contributed by atoms with E-state index in [1.165, 1.54) is 0 Å². The van der Waals surface area contributed by atoms with Gasteiger partial charge in [-0.25, -0.2) is 0 Å². The van der Waals surface area contributed by atoms with Crippen molar-refractivity contribution in [3.05, 3.63) is 35.7 Å². The number of carboxylic acids is 1. The molecule has 0 bridgehead atoms. The number of nitrogens with zero attached hydrogens (tertiary/aromatic N) is 2. The van der Waals surface area contributed by atoms with Crippen LogP contribution in [0.3, 0.4) is 0 Å². The van der Waals surface area contributed by atoms with Gasteiger partial charge >= 0.3 is 5.97 Å². The van der Waals surface area contributed by atoms with Crippen LogP contribution in [0, 0.1) is 5.41 Å². The maximum atomic E-state index is 11.3. The molecule has 5 heteroatoms. The third-order valence-corrected chi connectivity index (χ3v) is 3.08. The van der Waals surface area contributed by atoms with Crippen LogP contribution in [0.1, 0.15) is 29.8 Å². The van der Waals surface area contributed by atoms with Crippen LogP contribution in [0.15, 0.2) is 24.5 Å². The molecule has 0 aliphatic carbocycles. The summed E-state index contributed by atoms with van der Waals surface area (Å²) in [5, 5.41) is 9.16. The number of aldehydes is 1. The van der Waals surface area contributed by atoms with Crippen LogP contribution in [0.4, 0.5) is 0 Å². The number of carbonyl (C=O) groups excluding carboxylic acids is 1. The number of pyridine rings is 2. The summed E-state index contributed by atoms with van der Waals surface area (Å²) in [6.45, 7) is 3.24. The highest BCUT2D eigenvalue weighted by atomic mass is 16.4. The van der Waals surface area contributed by atoms with Crippen molar-refractivity contribution >= 4 is 23.3 Å². The Labute approximate surface area is 110 Å². The summed E-state index contributed by atoms with van der Waals surface area (Å²) in [5.74, 6) is -0.912. The Bertz CT molecular complexity index is 650. The van der Waals surface area contributed by atoms with Gasteiger partial charge in [-0.1, -0.05) is 0 Å². The molecule has 0 saturated heterocycles. The summed E-state index contributed by atoms with van der Waals surface area (Å²) >= 11 is 0. The van der Waals surface area contributed by atoms with Crippen molar-refractivity contribution in [3.8, 4) is 0 Å². The van der Waals surface area contributed by atoms with Crippen molar-refractivity contribution in [3.63, 3.8) is 0 Å². The molecule has 0 aromatic carbocycles. The summed E-state index contributed by atoms with van der Waals surface area (Å²) < 4.78 is 0. The van der Waals surface area contributed by atoms with E-state index in [9.17, 15) is 9.59 Å². The van der Waals surface area contributed by atoms with Gasteiger partial charge in [0.15, 0.2) is 6.29 Å². The molecular weight excluding hydrogens is 244 g/mol. The molecule has 0 radical (unpaired) electrons. The quantitative estimate of drug-likeness (QED) is 0.849. The molecule has 2 aromatic rings. The van der Waals surface area contributed by atoms with E-state index in [2.05, 4.69) is 9.97 Å². The maximum Gasteiger partial charge on any atom is 0.309 e. The molecule has 2 aromatic heterocycles. The van der Waals surface area contributed by atoms with Gasteiger partial charge in [-0.05, 0) is 38.0 Å². The fourth-order valence-electron chi connectivity index (χ4n) is 1.90. The fraction of sp³-hybridized carbons (Fsp3) is 0.286. The molecule has 0 fully saturated rings. The van der Waals surface area contributed by atoms with E-state index >= 15 is 0 Å². The summed E-state index contributed by atoms with van der Waals surface area (Å²) in [4.78, 5) is 30.8. The van der Waals surface area contributed by atoms with Crippen LogP contribution >= 0.6 is 0 Å². The predicted octanol–water partition coefficient (Wildman–Crippen LogP) is 2.10. The number of aliphatic carboxylic acids is 1. The average Bonchev–Trinajstić information content (AvgIpc) is 2.38. The Morgan fingerprint density at radius 1 is 1.42 bits per heavy atom. The second-order valence-corrected chi connectivity index (χ2v) is 5.05. The fourth-order valence-corrected chi connectivity index (χ4v) is 1.90. The first kappa shape index (κ1) is 13.1. The summed E-state index contributed by atoms with van der Waals surface area (Å²) in [7, 11) is 0. The Kier molecular flexibility index (Phi) is 3.29. The number of hydrogen-bond acceptors (Lipinski definition) is 4. The molecule has 0 saturated carbocycles. The summed E-state index contributed by atoms with van der Waals surface area (Å²) in [5.41, 5.74) is 1.20. The van der Waals surface area contributed by atoms with Crippen molar-refractivity contribution < 1.29 is 14.7 Å². The van der Waals surface area contributed by atoms with Crippen LogP contribution in [-0.2, 0) is 11.2 Å². The molecule has 2 rings (SSSR count). The molecule has 0 aliphatic heterocycles. The topological polar surface area (TPSA) is 80.2 Å². The minimum absolute atomic E-state index is 0.232. The Morgan fingerprint density at radius 2 is 2.16 bits per heavy atom. The minimum atomic E-state index is -0.956. The van der Waals surface area contributed by atoms with Crippen molar-refractivity contribution in [1.82, 2.24) is 9.97 Å². The minimum Gasteiger partial charge on any atom is -0.481 e. The lowest BCUT2D eigenvalue weighted by Gasteiger charge is -2.19. The van der Waals surface area contributed by atoms with Crippen LogP contribution in [0.25, 0.3) is 11.0 Å². The van der Waals surface area contributed by atoms with Gasteiger partial charge in [0.05, 0.1) is 16.4 Å². The molecule has 98 valence electrons. The molecule has 0 aliphatic rings. The lowest BCUT2D eigenvalue weighted by atomic mass is 9.85. The maximum absolute atomic E-state index is 11.3. The van der Waals surface area contributed by atoms with Crippen molar-refractivity contribution in [2.24, 2.45) is 5.41 Å². The van der Waals surface area contributed by atoms with E-state index in [4.69, 9.17) is 5.11 Å². The Balaban J connectivity index is 2.55. The van der Waals surface area contributed by atoms with Gasteiger partial charge in [-0.15, -0.1) is 0 Å². The molecule has 5 nitrogen and oxygen atoms in total. The largest absolute Gasteiger partial charge is 0.481 e. The highest BCUT2D eigenvalue weighted by Gasteiger charge is 2.29. The van der Waals surface area contributed by atoms with Crippen molar-refractivity contribution in [1.29, 1.82) is 0 Å². The van der Waals surface area contributed by atoms with Gasteiger partial charge in [0.2, 0.25) is 0 Å². The summed E-state index contributed by atoms with van der Waals surface area (Å²) in [6.07, 6.45) is 4.09. The number of hydrogen-bond donors (Lipinski definition) is 1. The molecule has 0 atom stereocenters. The first-order valence-corrected chi connectivity index (χ1v) is 5.87. The smallest absolute Gasteiger partial charge is 0.309 e. The van der Waals surface area contributed by atoms with Gasteiger partial charge in [0, 0.05) is 18.0 Å². The molecular formula is C14H14N2O3. The number of carbonyl (C=O) groups is 2. The molecule has 0 unspecified atom stereocenters. The van der Waals surface area contributed by atoms with Crippen LogP contribution in [0.5, 0.6) is 0 Å². The molecule has 1 N–H and O–H groups in total. The van der Waals surface area contributed by atoms with Crippen molar-refractivity contribution in [2.45, 2.75) is 20.3 Å².